The van der Waals surface area contributed by atoms with Gasteiger partial charge in [-0.3, -0.25) is 4.79 Å². The molecule has 132 valence electrons. The Hall–Kier alpha value is -2.24. The van der Waals surface area contributed by atoms with Gasteiger partial charge in [-0.25, -0.2) is 4.79 Å². The van der Waals surface area contributed by atoms with Crippen LogP contribution in [0.15, 0.2) is 42.5 Å². The number of esters is 1. The largest absolute Gasteiger partial charge is 0.482 e. The maximum atomic E-state index is 11.8. The Bertz CT molecular complexity index is 764. The van der Waals surface area contributed by atoms with Gasteiger partial charge in [0.1, 0.15) is 5.75 Å². The molecular weight excluding hydrogens is 365 g/mol. The molecule has 0 heterocycles. The third-order valence-corrected chi connectivity index (χ3v) is 3.83. The number of hydrogen-bond donors (Lipinski definition) is 1. The molecule has 5 nitrogen and oxygen atoms in total. The Morgan fingerprint density at radius 2 is 1.84 bits per heavy atom. The van der Waals surface area contributed by atoms with E-state index in [-0.39, 0.29) is 6.61 Å². The van der Waals surface area contributed by atoms with Gasteiger partial charge in [-0.05, 0) is 36.2 Å². The average Bonchev–Trinajstić information content (AvgIpc) is 2.61. The number of aryl methyl sites for hydroxylation is 1. The van der Waals surface area contributed by atoms with E-state index in [1.807, 2.05) is 25.1 Å². The first kappa shape index (κ1) is 19.1. The number of rotatable bonds is 7. The Morgan fingerprint density at radius 3 is 2.60 bits per heavy atom. The smallest absolute Gasteiger partial charge is 0.344 e. The fraction of sp³-hybridized carbons (Fsp3) is 0.222. The van der Waals surface area contributed by atoms with E-state index in [1.165, 1.54) is 6.07 Å². The predicted octanol–water partition coefficient (Wildman–Crippen LogP) is 4.12. The van der Waals surface area contributed by atoms with E-state index in [0.29, 0.717) is 21.5 Å². The molecule has 7 heteroatoms. The highest BCUT2D eigenvalue weighted by Crippen LogP contribution is 2.25. The van der Waals surface area contributed by atoms with Gasteiger partial charge in [0.05, 0.1) is 10.7 Å². The second-order valence-electron chi connectivity index (χ2n) is 5.08. The van der Waals surface area contributed by atoms with Gasteiger partial charge in [0.2, 0.25) is 0 Å². The van der Waals surface area contributed by atoms with Crippen molar-refractivity contribution in [3.8, 4) is 5.75 Å². The molecule has 0 saturated carbocycles. The zero-order valence-corrected chi connectivity index (χ0v) is 15.1. The molecule has 0 atom stereocenters. The first-order chi connectivity index (χ1) is 12.0. The number of anilines is 1. The molecule has 0 spiro atoms. The summed E-state index contributed by atoms with van der Waals surface area (Å²) in [5, 5.41) is 3.29. The maximum Gasteiger partial charge on any atom is 0.344 e. The van der Waals surface area contributed by atoms with Gasteiger partial charge in [-0.15, -0.1) is 0 Å². The normalized spacial score (nSPS) is 10.2. The lowest BCUT2D eigenvalue weighted by Gasteiger charge is -2.11. The molecule has 1 amide bonds. The topological polar surface area (TPSA) is 64.6 Å². The standard InChI is InChI=1S/C18H17Cl2NO4/c1-2-12-5-3-4-6-16(12)24-11-18(23)25-10-17(22)21-15-9-13(19)7-8-14(15)20/h3-9H,2,10-11H2,1H3,(H,21,22). The van der Waals surface area contributed by atoms with Crippen LogP contribution >= 0.6 is 23.2 Å². The van der Waals surface area contributed by atoms with Crippen molar-refractivity contribution in [3.05, 3.63) is 58.1 Å². The lowest BCUT2D eigenvalue weighted by Crippen LogP contribution is -2.24. The van der Waals surface area contributed by atoms with Crippen LogP contribution in [0.25, 0.3) is 0 Å². The van der Waals surface area contributed by atoms with Crippen molar-refractivity contribution in [2.45, 2.75) is 13.3 Å². The summed E-state index contributed by atoms with van der Waals surface area (Å²) >= 11 is 11.8. The quantitative estimate of drug-likeness (QED) is 0.732. The Balaban J connectivity index is 1.79. The van der Waals surface area contributed by atoms with Gasteiger partial charge in [-0.2, -0.15) is 0 Å². The number of carbonyl (C=O) groups is 2. The van der Waals surface area contributed by atoms with E-state index in [0.717, 1.165) is 12.0 Å². The SMILES string of the molecule is CCc1ccccc1OCC(=O)OCC(=O)Nc1cc(Cl)ccc1Cl. The van der Waals surface area contributed by atoms with Crippen LogP contribution in [0.2, 0.25) is 10.0 Å². The third kappa shape index (κ3) is 5.96. The van der Waals surface area contributed by atoms with Crippen molar-refractivity contribution in [2.24, 2.45) is 0 Å². The van der Waals surface area contributed by atoms with Crippen LogP contribution in [0.5, 0.6) is 5.75 Å². The summed E-state index contributed by atoms with van der Waals surface area (Å²) in [5.41, 5.74) is 1.34. The highest BCUT2D eigenvalue weighted by molar-refractivity contribution is 6.35. The fourth-order valence-electron chi connectivity index (χ4n) is 2.04. The molecule has 0 fully saturated rings. The van der Waals surface area contributed by atoms with Crippen molar-refractivity contribution < 1.29 is 19.1 Å². The van der Waals surface area contributed by atoms with Crippen molar-refractivity contribution in [1.29, 1.82) is 0 Å². The zero-order chi connectivity index (χ0) is 18.2. The molecular formula is C18H17Cl2NO4. The summed E-state index contributed by atoms with van der Waals surface area (Å²) in [7, 11) is 0. The van der Waals surface area contributed by atoms with Gasteiger partial charge in [-0.1, -0.05) is 48.3 Å². The molecule has 0 aliphatic carbocycles. The maximum absolute atomic E-state index is 11.8. The zero-order valence-electron chi connectivity index (χ0n) is 13.6. The van der Waals surface area contributed by atoms with E-state index < -0.39 is 18.5 Å². The molecule has 2 rings (SSSR count). The molecule has 0 aromatic heterocycles. The molecule has 0 saturated heterocycles. The highest BCUT2D eigenvalue weighted by Gasteiger charge is 2.11. The monoisotopic (exact) mass is 381 g/mol. The number of nitrogens with one attached hydrogen (secondary N) is 1. The summed E-state index contributed by atoms with van der Waals surface area (Å²) in [6.07, 6.45) is 0.786. The van der Waals surface area contributed by atoms with Gasteiger partial charge >= 0.3 is 5.97 Å². The molecule has 2 aromatic rings. The fourth-order valence-corrected chi connectivity index (χ4v) is 2.38. The summed E-state index contributed by atoms with van der Waals surface area (Å²) in [5.74, 6) is -0.540. The van der Waals surface area contributed by atoms with Crippen LogP contribution in [0.1, 0.15) is 12.5 Å². The molecule has 0 radical (unpaired) electrons. The first-order valence-corrected chi connectivity index (χ1v) is 8.36. The Morgan fingerprint density at radius 1 is 1.08 bits per heavy atom. The van der Waals surface area contributed by atoms with Gasteiger partial charge in [0.15, 0.2) is 13.2 Å². The van der Waals surface area contributed by atoms with Crippen molar-refractivity contribution >= 4 is 40.8 Å². The third-order valence-electron chi connectivity index (χ3n) is 3.27. The van der Waals surface area contributed by atoms with Gasteiger partial charge in [0.25, 0.3) is 5.91 Å². The van der Waals surface area contributed by atoms with Crippen molar-refractivity contribution in [3.63, 3.8) is 0 Å². The number of benzene rings is 2. The minimum absolute atomic E-state index is 0.276. The van der Waals surface area contributed by atoms with E-state index in [4.69, 9.17) is 32.7 Å². The average molecular weight is 382 g/mol. The number of carbonyl (C=O) groups excluding carboxylic acids is 2. The Labute approximate surface area is 155 Å². The van der Waals surface area contributed by atoms with E-state index in [1.54, 1.807) is 18.2 Å². The molecule has 0 aliphatic heterocycles. The summed E-state index contributed by atoms with van der Waals surface area (Å²) in [6, 6.07) is 12.1. The van der Waals surface area contributed by atoms with Crippen LogP contribution in [-0.4, -0.2) is 25.1 Å². The second kappa shape index (κ2) is 9.30. The number of halogens is 2. The lowest BCUT2D eigenvalue weighted by atomic mass is 10.1. The molecule has 1 N–H and O–H groups in total. The summed E-state index contributed by atoms with van der Waals surface area (Å²) in [4.78, 5) is 23.5. The molecule has 0 unspecified atom stereocenters. The number of hydrogen-bond acceptors (Lipinski definition) is 4. The number of amides is 1. The molecule has 0 aliphatic rings. The van der Waals surface area contributed by atoms with Crippen LogP contribution in [0, 0.1) is 0 Å². The second-order valence-corrected chi connectivity index (χ2v) is 5.93. The van der Waals surface area contributed by atoms with Crippen LogP contribution in [0.3, 0.4) is 0 Å². The van der Waals surface area contributed by atoms with Gasteiger partial charge in [0, 0.05) is 5.02 Å². The predicted molar refractivity (Wildman–Crippen MR) is 97.4 cm³/mol. The Kier molecular flexibility index (Phi) is 7.10. The van der Waals surface area contributed by atoms with E-state index in [2.05, 4.69) is 5.32 Å². The van der Waals surface area contributed by atoms with E-state index in [9.17, 15) is 9.59 Å². The van der Waals surface area contributed by atoms with Crippen LogP contribution < -0.4 is 10.1 Å². The molecule has 0 bridgehead atoms. The lowest BCUT2D eigenvalue weighted by molar-refractivity contribution is -0.149. The number of para-hydroxylation sites is 1. The van der Waals surface area contributed by atoms with Gasteiger partial charge < -0.3 is 14.8 Å². The van der Waals surface area contributed by atoms with Crippen molar-refractivity contribution in [2.75, 3.05) is 18.5 Å². The summed E-state index contributed by atoms with van der Waals surface area (Å²) < 4.78 is 10.3. The minimum atomic E-state index is -0.641. The first-order valence-electron chi connectivity index (χ1n) is 7.60. The molecule has 2 aromatic carbocycles. The van der Waals surface area contributed by atoms with Crippen LogP contribution in [0.4, 0.5) is 5.69 Å². The van der Waals surface area contributed by atoms with Crippen LogP contribution in [-0.2, 0) is 20.7 Å². The highest BCUT2D eigenvalue weighted by atomic mass is 35.5. The van der Waals surface area contributed by atoms with E-state index >= 15 is 0 Å². The molecule has 25 heavy (non-hydrogen) atoms. The minimum Gasteiger partial charge on any atom is -0.482 e. The summed E-state index contributed by atoms with van der Waals surface area (Å²) in [6.45, 7) is 1.27. The van der Waals surface area contributed by atoms with Crippen molar-refractivity contribution in [1.82, 2.24) is 0 Å². The number of ether oxygens (including phenoxy) is 2.